The molecule has 0 aromatic carbocycles. The van der Waals surface area contributed by atoms with E-state index in [1.807, 2.05) is 0 Å². The topological polar surface area (TPSA) is 63.6 Å². The van der Waals surface area contributed by atoms with E-state index in [2.05, 4.69) is 38.2 Å². The lowest BCUT2D eigenvalue weighted by molar-refractivity contribution is -0.150. The number of carboxylic acids is 1. The van der Waals surface area contributed by atoms with Crippen molar-refractivity contribution < 1.29 is 19.4 Å². The normalized spacial score (nSPS) is 12.4. The monoisotopic (exact) mass is 675 g/mol. The van der Waals surface area contributed by atoms with Gasteiger partial charge in [-0.1, -0.05) is 179 Å². The number of carbonyl (C=O) groups is 2. The first kappa shape index (κ1) is 46.4. The van der Waals surface area contributed by atoms with Gasteiger partial charge in [0.2, 0.25) is 0 Å². The molecule has 0 saturated heterocycles. The molecule has 0 fully saturated rings. The fraction of sp³-hybridized carbons (Fsp3) is 0.864. The van der Waals surface area contributed by atoms with Gasteiger partial charge in [-0.05, 0) is 70.6 Å². The summed E-state index contributed by atoms with van der Waals surface area (Å²) in [5.74, 6) is -0.665. The summed E-state index contributed by atoms with van der Waals surface area (Å²) in [6, 6.07) is 0. The number of rotatable bonds is 39. The quantitative estimate of drug-likeness (QED) is 0.0400. The minimum absolute atomic E-state index is 0.0198. The van der Waals surface area contributed by atoms with Gasteiger partial charge in [0, 0.05) is 12.8 Å². The Morgan fingerprint density at radius 1 is 0.458 bits per heavy atom. The molecule has 282 valence electrons. The van der Waals surface area contributed by atoms with E-state index >= 15 is 0 Å². The van der Waals surface area contributed by atoms with Gasteiger partial charge in [0.25, 0.3) is 0 Å². The van der Waals surface area contributed by atoms with Gasteiger partial charge in [0.1, 0.15) is 6.10 Å². The fourth-order valence-electron chi connectivity index (χ4n) is 6.51. The second-order valence-electron chi connectivity index (χ2n) is 14.5. The molecule has 0 rings (SSSR count). The molecule has 0 saturated carbocycles. The Balaban J connectivity index is 3.96. The Hall–Kier alpha value is -1.58. The summed E-state index contributed by atoms with van der Waals surface area (Å²) in [5, 5.41) is 8.77. The molecule has 1 N–H and O–H groups in total. The van der Waals surface area contributed by atoms with E-state index in [9.17, 15) is 9.59 Å². The van der Waals surface area contributed by atoms with Crippen LogP contribution in [0.3, 0.4) is 0 Å². The maximum Gasteiger partial charge on any atom is 0.306 e. The van der Waals surface area contributed by atoms with Crippen LogP contribution in [0.25, 0.3) is 0 Å². The molecular weight excluding hydrogens is 592 g/mol. The molecule has 1 atom stereocenters. The third-order valence-electron chi connectivity index (χ3n) is 9.68. The second-order valence-corrected chi connectivity index (χ2v) is 14.5. The smallest absolute Gasteiger partial charge is 0.306 e. The number of allylic oxidation sites excluding steroid dienone is 4. The van der Waals surface area contributed by atoms with Crippen LogP contribution in [0.5, 0.6) is 0 Å². The average Bonchev–Trinajstić information content (AvgIpc) is 3.07. The minimum atomic E-state index is -0.685. The van der Waals surface area contributed by atoms with Gasteiger partial charge in [-0.3, -0.25) is 9.59 Å². The zero-order valence-corrected chi connectivity index (χ0v) is 32.3. The molecule has 1 unspecified atom stereocenters. The summed E-state index contributed by atoms with van der Waals surface area (Å²) < 4.78 is 6.04. The van der Waals surface area contributed by atoms with E-state index in [4.69, 9.17) is 9.84 Å². The van der Waals surface area contributed by atoms with Gasteiger partial charge in [0.15, 0.2) is 0 Å². The Morgan fingerprint density at radius 2 is 0.812 bits per heavy atom. The first-order chi connectivity index (χ1) is 23.6. The Kier molecular flexibility index (Phi) is 38.5. The fourth-order valence-corrected chi connectivity index (χ4v) is 6.51. The maximum atomic E-state index is 12.7. The van der Waals surface area contributed by atoms with Crippen LogP contribution in [-0.2, 0) is 14.3 Å². The summed E-state index contributed by atoms with van der Waals surface area (Å²) in [7, 11) is 0. The number of carbonyl (C=O) groups excluding carboxylic acids is 1. The third-order valence-corrected chi connectivity index (χ3v) is 9.68. The molecule has 0 aromatic heterocycles. The average molecular weight is 675 g/mol. The molecule has 0 amide bonds. The number of esters is 1. The van der Waals surface area contributed by atoms with E-state index in [1.165, 1.54) is 154 Å². The van der Waals surface area contributed by atoms with Crippen molar-refractivity contribution in [2.45, 2.75) is 245 Å². The van der Waals surface area contributed by atoms with E-state index < -0.39 is 5.97 Å². The molecule has 0 bridgehead atoms. The summed E-state index contributed by atoms with van der Waals surface area (Å²) in [6.07, 6.45) is 50.6. The predicted octanol–water partition coefficient (Wildman–Crippen LogP) is 14.8. The highest BCUT2D eigenvalue weighted by Gasteiger charge is 2.14. The van der Waals surface area contributed by atoms with Gasteiger partial charge < -0.3 is 9.84 Å². The van der Waals surface area contributed by atoms with Crippen LogP contribution in [0.2, 0.25) is 0 Å². The second kappa shape index (κ2) is 39.9. The summed E-state index contributed by atoms with van der Waals surface area (Å²) in [5.41, 5.74) is 0. The zero-order valence-electron chi connectivity index (χ0n) is 32.3. The molecule has 0 radical (unpaired) electrons. The van der Waals surface area contributed by atoms with Crippen molar-refractivity contribution in [2.75, 3.05) is 0 Å². The molecule has 48 heavy (non-hydrogen) atoms. The Labute approximate surface area is 299 Å². The van der Waals surface area contributed by atoms with Crippen molar-refractivity contribution >= 4 is 11.9 Å². The van der Waals surface area contributed by atoms with Gasteiger partial charge >= 0.3 is 11.9 Å². The lowest BCUT2D eigenvalue weighted by atomic mass is 10.0. The van der Waals surface area contributed by atoms with Gasteiger partial charge in [-0.2, -0.15) is 0 Å². The number of unbranched alkanes of at least 4 members (excludes halogenated alkanes) is 26. The Bertz CT molecular complexity index is 727. The standard InChI is InChI=1S/C44H82O4/c1-3-5-7-9-11-13-14-15-16-17-18-19-20-21-22-24-29-33-37-41-44(47)48-42(38-34-30-26-23-12-10-8-6-4-2)39-35-31-27-25-28-32-36-40-43(45)46/h11,13,15-16,42H,3-10,12,14,17-41H2,1-2H3,(H,45,46)/b13-11-,16-15-. The first-order valence-electron chi connectivity index (χ1n) is 21.3. The van der Waals surface area contributed by atoms with E-state index in [0.717, 1.165) is 57.8 Å². The zero-order chi connectivity index (χ0) is 35.0. The molecule has 0 aliphatic rings. The molecule has 0 spiro atoms. The lowest BCUT2D eigenvalue weighted by Crippen LogP contribution is -2.18. The summed E-state index contributed by atoms with van der Waals surface area (Å²) >= 11 is 0. The van der Waals surface area contributed by atoms with Crippen LogP contribution in [0.4, 0.5) is 0 Å². The molecule has 0 aliphatic heterocycles. The Morgan fingerprint density at radius 3 is 1.27 bits per heavy atom. The lowest BCUT2D eigenvalue weighted by Gasteiger charge is -2.18. The van der Waals surface area contributed by atoms with Crippen molar-refractivity contribution in [1.29, 1.82) is 0 Å². The van der Waals surface area contributed by atoms with Crippen LogP contribution >= 0.6 is 0 Å². The van der Waals surface area contributed by atoms with Crippen molar-refractivity contribution in [1.82, 2.24) is 0 Å². The van der Waals surface area contributed by atoms with Crippen molar-refractivity contribution in [2.24, 2.45) is 0 Å². The predicted molar refractivity (Wildman–Crippen MR) is 209 cm³/mol. The van der Waals surface area contributed by atoms with Crippen molar-refractivity contribution in [3.63, 3.8) is 0 Å². The van der Waals surface area contributed by atoms with E-state index in [1.54, 1.807) is 0 Å². The van der Waals surface area contributed by atoms with Crippen molar-refractivity contribution in [3.8, 4) is 0 Å². The van der Waals surface area contributed by atoms with Gasteiger partial charge in [-0.15, -0.1) is 0 Å². The van der Waals surface area contributed by atoms with E-state index in [0.29, 0.717) is 12.8 Å². The van der Waals surface area contributed by atoms with Gasteiger partial charge in [-0.25, -0.2) is 0 Å². The van der Waals surface area contributed by atoms with Gasteiger partial charge in [0.05, 0.1) is 0 Å². The number of ether oxygens (including phenoxy) is 1. The third kappa shape index (κ3) is 38.9. The van der Waals surface area contributed by atoms with E-state index in [-0.39, 0.29) is 12.1 Å². The molecule has 0 aliphatic carbocycles. The first-order valence-corrected chi connectivity index (χ1v) is 21.3. The minimum Gasteiger partial charge on any atom is -0.481 e. The maximum absolute atomic E-state index is 12.7. The molecule has 4 heteroatoms. The SMILES string of the molecule is CCCCC/C=C\C/C=C\CCCCCCCCCCCC(=O)OC(CCCCCCCCCCC)CCCCCCCCCC(=O)O. The summed E-state index contributed by atoms with van der Waals surface area (Å²) in [4.78, 5) is 23.4. The molecule has 4 nitrogen and oxygen atoms in total. The van der Waals surface area contributed by atoms with Crippen LogP contribution in [0, 0.1) is 0 Å². The number of hydrogen-bond acceptors (Lipinski definition) is 3. The van der Waals surface area contributed by atoms with Crippen molar-refractivity contribution in [3.05, 3.63) is 24.3 Å². The summed E-state index contributed by atoms with van der Waals surface area (Å²) in [6.45, 7) is 4.53. The largest absolute Gasteiger partial charge is 0.481 e. The molecule has 0 heterocycles. The van der Waals surface area contributed by atoms with Crippen LogP contribution < -0.4 is 0 Å². The highest BCUT2D eigenvalue weighted by molar-refractivity contribution is 5.69. The van der Waals surface area contributed by atoms with Crippen LogP contribution in [0.15, 0.2) is 24.3 Å². The number of aliphatic carboxylic acids is 1. The molecular formula is C44H82O4. The highest BCUT2D eigenvalue weighted by Crippen LogP contribution is 2.19. The highest BCUT2D eigenvalue weighted by atomic mass is 16.5. The molecule has 0 aromatic rings. The van der Waals surface area contributed by atoms with Crippen LogP contribution in [-0.4, -0.2) is 23.1 Å². The number of hydrogen-bond donors (Lipinski definition) is 1. The number of carboxylic acid groups (broad SMARTS) is 1. The van der Waals surface area contributed by atoms with Crippen LogP contribution in [0.1, 0.15) is 239 Å².